The molecule has 0 fully saturated rings. The lowest BCUT2D eigenvalue weighted by Gasteiger charge is -2.26. The van der Waals surface area contributed by atoms with E-state index in [0.29, 0.717) is 50.3 Å². The molecular formula is C28H34N6O5S. The van der Waals surface area contributed by atoms with Crippen LogP contribution in [0.1, 0.15) is 24.5 Å². The van der Waals surface area contributed by atoms with Crippen LogP contribution in [-0.2, 0) is 29.0 Å². The Labute approximate surface area is 237 Å². The second-order valence-corrected chi connectivity index (χ2v) is 10.4. The maximum Gasteiger partial charge on any atom is 0.318 e. The molecule has 0 saturated heterocycles. The molecule has 3 aromatic rings. The van der Waals surface area contributed by atoms with Crippen LogP contribution in [0.2, 0.25) is 0 Å². The van der Waals surface area contributed by atoms with Gasteiger partial charge in [0, 0.05) is 69.8 Å². The van der Waals surface area contributed by atoms with Crippen LogP contribution in [-0.4, -0.2) is 67.9 Å². The highest BCUT2D eigenvalue weighted by Crippen LogP contribution is 2.14. The number of hydrogen-bond donors (Lipinski definition) is 2. The Morgan fingerprint density at radius 2 is 1.82 bits per heavy atom. The zero-order valence-corrected chi connectivity index (χ0v) is 23.2. The molecule has 0 aliphatic heterocycles. The van der Waals surface area contributed by atoms with Crippen LogP contribution in [0.15, 0.2) is 73.3 Å². The van der Waals surface area contributed by atoms with Gasteiger partial charge in [-0.2, -0.15) is 0 Å². The lowest BCUT2D eigenvalue weighted by atomic mass is 10.0. The van der Waals surface area contributed by atoms with Crippen molar-refractivity contribution in [3.05, 3.63) is 94.6 Å². The van der Waals surface area contributed by atoms with Gasteiger partial charge in [-0.05, 0) is 24.0 Å². The van der Waals surface area contributed by atoms with Gasteiger partial charge in [0.15, 0.2) is 5.12 Å². The van der Waals surface area contributed by atoms with E-state index in [1.807, 2.05) is 41.1 Å². The number of nitro benzene ring substituents is 1. The van der Waals surface area contributed by atoms with Gasteiger partial charge in [-0.25, -0.2) is 9.78 Å². The number of benzene rings is 2. The van der Waals surface area contributed by atoms with E-state index in [4.69, 9.17) is 0 Å². The van der Waals surface area contributed by atoms with Crippen LogP contribution in [0.4, 0.5) is 10.5 Å². The van der Waals surface area contributed by atoms with Crippen LogP contribution < -0.4 is 10.6 Å². The fourth-order valence-corrected chi connectivity index (χ4v) is 4.58. The van der Waals surface area contributed by atoms with Crippen molar-refractivity contribution in [2.75, 3.05) is 25.4 Å². The number of carbonyl (C=O) groups is 3. The Bertz CT molecular complexity index is 1240. The molecule has 12 heteroatoms. The highest BCUT2D eigenvalue weighted by Gasteiger charge is 2.24. The van der Waals surface area contributed by atoms with Crippen molar-refractivity contribution in [3.63, 3.8) is 0 Å². The Hall–Kier alpha value is -4.19. The van der Waals surface area contributed by atoms with E-state index in [-0.39, 0.29) is 23.1 Å². The summed E-state index contributed by atoms with van der Waals surface area (Å²) in [5.41, 5.74) is 1.69. The number of nitrogens with one attached hydrogen (secondary N) is 2. The molecule has 0 radical (unpaired) electrons. The molecule has 1 heterocycles. The summed E-state index contributed by atoms with van der Waals surface area (Å²) in [5.74, 6) is 0.0869. The first-order valence-corrected chi connectivity index (χ1v) is 14.0. The van der Waals surface area contributed by atoms with Crippen molar-refractivity contribution < 1.29 is 19.3 Å². The third kappa shape index (κ3) is 10.5. The standard InChI is InChI=1S/C28H34N6O5S/c1-22(35)40-19-18-33(16-12-23-6-3-2-4-7-23)28(37)31-26(20-24-8-10-25(11-9-24)34(38)39)27(36)30-13-5-15-32-17-14-29-21-32/h2-4,6-11,14,17,21,26H,5,12-13,15-16,18-20H2,1H3,(H,30,36)(H,31,37). The molecule has 3 amide bonds. The quantitative estimate of drug-likeness (QED) is 0.163. The molecule has 0 aliphatic carbocycles. The van der Waals surface area contributed by atoms with Gasteiger partial charge in [0.1, 0.15) is 6.04 Å². The van der Waals surface area contributed by atoms with Crippen molar-refractivity contribution in [1.82, 2.24) is 25.1 Å². The van der Waals surface area contributed by atoms with Gasteiger partial charge >= 0.3 is 6.03 Å². The molecule has 2 aromatic carbocycles. The number of thioether (sulfide) groups is 1. The van der Waals surface area contributed by atoms with Crippen LogP contribution in [0.5, 0.6) is 0 Å². The molecular weight excluding hydrogens is 532 g/mol. The number of non-ortho nitro benzene ring substituents is 1. The molecule has 3 rings (SSSR count). The average Bonchev–Trinajstić information content (AvgIpc) is 3.46. The highest BCUT2D eigenvalue weighted by atomic mass is 32.2. The summed E-state index contributed by atoms with van der Waals surface area (Å²) in [5, 5.41) is 16.8. The van der Waals surface area contributed by atoms with Crippen LogP contribution in [0.25, 0.3) is 0 Å². The van der Waals surface area contributed by atoms with E-state index in [0.717, 1.165) is 17.3 Å². The Balaban J connectivity index is 1.68. The maximum absolute atomic E-state index is 13.4. The van der Waals surface area contributed by atoms with Gasteiger partial charge in [0.05, 0.1) is 11.3 Å². The predicted octanol–water partition coefficient (Wildman–Crippen LogP) is 3.44. The third-order valence-electron chi connectivity index (χ3n) is 6.12. The zero-order valence-electron chi connectivity index (χ0n) is 22.4. The van der Waals surface area contributed by atoms with Crippen LogP contribution >= 0.6 is 11.8 Å². The second kappa shape index (κ2) is 16.0. The average molecular weight is 567 g/mol. The summed E-state index contributed by atoms with van der Waals surface area (Å²) in [4.78, 5) is 54.2. The van der Waals surface area contributed by atoms with Gasteiger partial charge in [0.25, 0.3) is 5.69 Å². The van der Waals surface area contributed by atoms with E-state index in [1.54, 1.807) is 29.6 Å². The van der Waals surface area contributed by atoms with E-state index in [9.17, 15) is 24.5 Å². The fourth-order valence-electron chi connectivity index (χ4n) is 3.98. The number of aromatic nitrogens is 2. The number of rotatable bonds is 15. The second-order valence-electron chi connectivity index (χ2n) is 9.14. The number of imidazole rings is 1. The third-order valence-corrected chi connectivity index (χ3v) is 6.91. The van der Waals surface area contributed by atoms with E-state index >= 15 is 0 Å². The summed E-state index contributed by atoms with van der Waals surface area (Å²) in [6.45, 7) is 3.30. The number of carbonyl (C=O) groups excluding carboxylic acids is 3. The fraction of sp³-hybridized carbons (Fsp3) is 0.357. The lowest BCUT2D eigenvalue weighted by Crippen LogP contribution is -2.53. The normalized spacial score (nSPS) is 11.4. The van der Waals surface area contributed by atoms with Crippen molar-refractivity contribution in [2.45, 2.75) is 38.8 Å². The first-order valence-electron chi connectivity index (χ1n) is 13.0. The van der Waals surface area contributed by atoms with E-state index in [2.05, 4.69) is 15.6 Å². The first-order chi connectivity index (χ1) is 19.3. The molecule has 0 saturated carbocycles. The molecule has 0 aliphatic rings. The minimum atomic E-state index is -0.901. The summed E-state index contributed by atoms with van der Waals surface area (Å²) >= 11 is 1.14. The Kier molecular flexibility index (Phi) is 12.2. The van der Waals surface area contributed by atoms with Crippen molar-refractivity contribution in [1.29, 1.82) is 0 Å². The monoisotopic (exact) mass is 566 g/mol. The molecule has 40 heavy (non-hydrogen) atoms. The number of amides is 3. The first kappa shape index (κ1) is 30.4. The molecule has 0 spiro atoms. The highest BCUT2D eigenvalue weighted by molar-refractivity contribution is 8.13. The number of nitrogens with zero attached hydrogens (tertiary/aromatic N) is 4. The molecule has 2 N–H and O–H groups in total. The lowest BCUT2D eigenvalue weighted by molar-refractivity contribution is -0.384. The minimum absolute atomic E-state index is 0.0328. The van der Waals surface area contributed by atoms with Crippen LogP contribution in [0, 0.1) is 10.1 Å². The smallest absolute Gasteiger partial charge is 0.318 e. The summed E-state index contributed by atoms with van der Waals surface area (Å²) < 4.78 is 1.91. The Morgan fingerprint density at radius 3 is 2.48 bits per heavy atom. The molecule has 212 valence electrons. The number of aryl methyl sites for hydroxylation is 1. The van der Waals surface area contributed by atoms with Crippen molar-refractivity contribution >= 4 is 34.5 Å². The Morgan fingerprint density at radius 1 is 1.07 bits per heavy atom. The molecule has 1 unspecified atom stereocenters. The van der Waals surface area contributed by atoms with E-state index < -0.39 is 17.0 Å². The van der Waals surface area contributed by atoms with Crippen LogP contribution in [0.3, 0.4) is 0 Å². The summed E-state index contributed by atoms with van der Waals surface area (Å²) in [6.07, 6.45) is 6.68. The van der Waals surface area contributed by atoms with Gasteiger partial charge < -0.3 is 20.1 Å². The largest absolute Gasteiger partial charge is 0.354 e. The minimum Gasteiger partial charge on any atom is -0.354 e. The molecule has 11 nitrogen and oxygen atoms in total. The summed E-state index contributed by atoms with van der Waals surface area (Å²) in [7, 11) is 0. The predicted molar refractivity (Wildman–Crippen MR) is 154 cm³/mol. The van der Waals surface area contributed by atoms with Crippen molar-refractivity contribution in [3.8, 4) is 0 Å². The number of urea groups is 1. The van der Waals surface area contributed by atoms with Gasteiger partial charge in [-0.15, -0.1) is 0 Å². The maximum atomic E-state index is 13.4. The molecule has 1 aromatic heterocycles. The van der Waals surface area contributed by atoms with Crippen molar-refractivity contribution in [2.24, 2.45) is 0 Å². The summed E-state index contributed by atoms with van der Waals surface area (Å²) in [6, 6.07) is 14.4. The molecule has 1 atom stereocenters. The SMILES string of the molecule is CC(=O)SCCN(CCc1ccccc1)C(=O)NC(Cc1ccc([N+](=O)[O-])cc1)C(=O)NCCCn1ccnc1. The molecule has 0 bridgehead atoms. The number of hydrogen-bond acceptors (Lipinski definition) is 7. The van der Waals surface area contributed by atoms with Gasteiger partial charge in [-0.1, -0.05) is 54.2 Å². The zero-order chi connectivity index (χ0) is 28.7. The van der Waals surface area contributed by atoms with E-state index in [1.165, 1.54) is 19.1 Å². The number of nitro groups is 1. The van der Waals surface area contributed by atoms with Gasteiger partial charge in [0.2, 0.25) is 5.91 Å². The van der Waals surface area contributed by atoms with Gasteiger partial charge in [-0.3, -0.25) is 19.7 Å². The topological polar surface area (TPSA) is 139 Å².